The van der Waals surface area contributed by atoms with E-state index in [2.05, 4.69) is 42.5 Å². The Bertz CT molecular complexity index is 1080. The van der Waals surface area contributed by atoms with Crippen LogP contribution in [0.4, 0.5) is 11.5 Å². The number of amides is 2. The molecule has 0 unspecified atom stereocenters. The van der Waals surface area contributed by atoms with Gasteiger partial charge in [-0.05, 0) is 60.4 Å². The van der Waals surface area contributed by atoms with Gasteiger partial charge < -0.3 is 15.4 Å². The number of pyridine rings is 1. The third-order valence-electron chi connectivity index (χ3n) is 4.78. The molecule has 0 saturated heterocycles. The number of ether oxygens (including phenoxy) is 1. The average molecular weight is 418 g/mol. The monoisotopic (exact) mass is 417 g/mol. The van der Waals surface area contributed by atoms with Crippen molar-refractivity contribution in [2.75, 3.05) is 10.6 Å². The molecule has 6 heteroatoms. The first kappa shape index (κ1) is 22.0. The molecule has 0 radical (unpaired) electrons. The van der Waals surface area contributed by atoms with Gasteiger partial charge in [0.05, 0.1) is 0 Å². The fraction of sp³-hybridized carbons (Fsp3) is 0.240. The van der Waals surface area contributed by atoms with Crippen molar-refractivity contribution in [2.24, 2.45) is 0 Å². The SMILES string of the molecule is CC(=O)Nc1ccc(COc2cccc(C(=O)Nc3ccc(C(C)C)c(C)c3)c2)cn1. The van der Waals surface area contributed by atoms with Crippen molar-refractivity contribution >= 4 is 23.3 Å². The summed E-state index contributed by atoms with van der Waals surface area (Å²) in [6, 6.07) is 16.6. The van der Waals surface area contributed by atoms with Crippen molar-refractivity contribution in [3.63, 3.8) is 0 Å². The summed E-state index contributed by atoms with van der Waals surface area (Å²) in [5.41, 5.74) is 4.56. The second kappa shape index (κ2) is 9.89. The topological polar surface area (TPSA) is 80.3 Å². The summed E-state index contributed by atoms with van der Waals surface area (Å²) < 4.78 is 5.81. The molecule has 3 rings (SSSR count). The zero-order valence-corrected chi connectivity index (χ0v) is 18.2. The standard InChI is InChI=1S/C25H27N3O3/c1-16(2)23-10-9-21(12-17(23)3)28-25(30)20-6-5-7-22(13-20)31-15-19-8-11-24(26-14-19)27-18(4)29/h5-14,16H,15H2,1-4H3,(H,28,30)(H,26,27,29). The molecule has 0 aliphatic heterocycles. The van der Waals surface area contributed by atoms with Gasteiger partial charge in [0.15, 0.2) is 0 Å². The Morgan fingerprint density at radius 3 is 2.48 bits per heavy atom. The number of nitrogens with zero attached hydrogens (tertiary/aromatic N) is 1. The molecule has 0 aliphatic carbocycles. The lowest BCUT2D eigenvalue weighted by Crippen LogP contribution is -2.12. The summed E-state index contributed by atoms with van der Waals surface area (Å²) in [5.74, 6) is 1.16. The second-order valence-electron chi connectivity index (χ2n) is 7.73. The summed E-state index contributed by atoms with van der Waals surface area (Å²) in [6.45, 7) is 8.09. The van der Waals surface area contributed by atoms with Gasteiger partial charge in [0, 0.05) is 29.9 Å². The van der Waals surface area contributed by atoms with Gasteiger partial charge in [-0.25, -0.2) is 4.98 Å². The minimum absolute atomic E-state index is 0.169. The third-order valence-corrected chi connectivity index (χ3v) is 4.78. The van der Waals surface area contributed by atoms with Crippen LogP contribution in [-0.2, 0) is 11.4 Å². The number of rotatable bonds is 7. The molecule has 2 aromatic carbocycles. The highest BCUT2D eigenvalue weighted by Crippen LogP contribution is 2.23. The molecule has 6 nitrogen and oxygen atoms in total. The predicted octanol–water partition coefficient (Wildman–Crippen LogP) is 5.30. The van der Waals surface area contributed by atoms with Gasteiger partial charge in [0.2, 0.25) is 5.91 Å². The van der Waals surface area contributed by atoms with Crippen LogP contribution in [0.3, 0.4) is 0 Å². The van der Waals surface area contributed by atoms with E-state index in [1.807, 2.05) is 18.2 Å². The van der Waals surface area contributed by atoms with Crippen LogP contribution >= 0.6 is 0 Å². The first-order chi connectivity index (χ1) is 14.8. The Balaban J connectivity index is 1.62. The molecule has 0 aliphatic rings. The molecular weight excluding hydrogens is 390 g/mol. The molecule has 0 atom stereocenters. The molecule has 1 heterocycles. The summed E-state index contributed by atoms with van der Waals surface area (Å²) in [4.78, 5) is 27.9. The van der Waals surface area contributed by atoms with Crippen LogP contribution in [0.5, 0.6) is 5.75 Å². The molecule has 0 spiro atoms. The molecular formula is C25H27N3O3. The fourth-order valence-corrected chi connectivity index (χ4v) is 3.26. The van der Waals surface area contributed by atoms with E-state index >= 15 is 0 Å². The average Bonchev–Trinajstić information content (AvgIpc) is 2.73. The number of benzene rings is 2. The molecule has 0 fully saturated rings. The van der Waals surface area contributed by atoms with Crippen molar-refractivity contribution in [3.8, 4) is 5.75 Å². The van der Waals surface area contributed by atoms with Crippen molar-refractivity contribution in [1.29, 1.82) is 0 Å². The highest BCUT2D eigenvalue weighted by atomic mass is 16.5. The Hall–Kier alpha value is -3.67. The van der Waals surface area contributed by atoms with Crippen LogP contribution in [0, 0.1) is 6.92 Å². The molecule has 2 amide bonds. The van der Waals surface area contributed by atoms with E-state index in [-0.39, 0.29) is 11.8 Å². The van der Waals surface area contributed by atoms with E-state index in [4.69, 9.17) is 4.74 Å². The third kappa shape index (κ3) is 6.15. The Morgan fingerprint density at radius 1 is 1.03 bits per heavy atom. The maximum absolute atomic E-state index is 12.7. The minimum Gasteiger partial charge on any atom is -0.489 e. The van der Waals surface area contributed by atoms with Crippen LogP contribution in [0.15, 0.2) is 60.8 Å². The highest BCUT2D eigenvalue weighted by molar-refractivity contribution is 6.04. The van der Waals surface area contributed by atoms with Crippen LogP contribution in [0.25, 0.3) is 0 Å². The van der Waals surface area contributed by atoms with Crippen LogP contribution in [0.2, 0.25) is 0 Å². The smallest absolute Gasteiger partial charge is 0.255 e. The number of carbonyl (C=O) groups excluding carboxylic acids is 2. The quantitative estimate of drug-likeness (QED) is 0.546. The van der Waals surface area contributed by atoms with Crippen molar-refractivity contribution in [1.82, 2.24) is 4.98 Å². The van der Waals surface area contributed by atoms with Crippen LogP contribution < -0.4 is 15.4 Å². The van der Waals surface area contributed by atoms with Gasteiger partial charge in [-0.2, -0.15) is 0 Å². The van der Waals surface area contributed by atoms with E-state index in [9.17, 15) is 9.59 Å². The van der Waals surface area contributed by atoms with E-state index in [0.717, 1.165) is 16.8 Å². The number of hydrogen-bond acceptors (Lipinski definition) is 4. The predicted molar refractivity (Wildman–Crippen MR) is 123 cm³/mol. The van der Waals surface area contributed by atoms with E-state index < -0.39 is 0 Å². The number of aryl methyl sites for hydroxylation is 1. The maximum Gasteiger partial charge on any atom is 0.255 e. The van der Waals surface area contributed by atoms with Gasteiger partial charge in [-0.1, -0.05) is 32.0 Å². The molecule has 31 heavy (non-hydrogen) atoms. The minimum atomic E-state index is -0.191. The lowest BCUT2D eigenvalue weighted by atomic mass is 9.97. The van der Waals surface area contributed by atoms with Gasteiger partial charge in [0.25, 0.3) is 5.91 Å². The number of anilines is 2. The molecule has 3 aromatic rings. The Labute approximate surface area is 182 Å². The Morgan fingerprint density at radius 2 is 1.84 bits per heavy atom. The number of nitrogens with one attached hydrogen (secondary N) is 2. The lowest BCUT2D eigenvalue weighted by molar-refractivity contribution is -0.114. The van der Waals surface area contributed by atoms with Crippen molar-refractivity contribution in [3.05, 3.63) is 83.0 Å². The number of aromatic nitrogens is 1. The fourth-order valence-electron chi connectivity index (χ4n) is 3.26. The largest absolute Gasteiger partial charge is 0.489 e. The molecule has 160 valence electrons. The molecule has 0 saturated carbocycles. The number of hydrogen-bond donors (Lipinski definition) is 2. The van der Waals surface area contributed by atoms with Crippen LogP contribution in [0.1, 0.15) is 53.7 Å². The van der Waals surface area contributed by atoms with E-state index in [1.54, 1.807) is 36.5 Å². The molecule has 0 bridgehead atoms. The zero-order valence-electron chi connectivity index (χ0n) is 18.2. The van der Waals surface area contributed by atoms with Crippen molar-refractivity contribution in [2.45, 2.75) is 40.2 Å². The van der Waals surface area contributed by atoms with Gasteiger partial charge >= 0.3 is 0 Å². The normalized spacial score (nSPS) is 10.6. The first-order valence-electron chi connectivity index (χ1n) is 10.2. The van der Waals surface area contributed by atoms with Crippen molar-refractivity contribution < 1.29 is 14.3 Å². The summed E-state index contributed by atoms with van der Waals surface area (Å²) in [6.07, 6.45) is 1.64. The van der Waals surface area contributed by atoms with Gasteiger partial charge in [-0.3, -0.25) is 9.59 Å². The lowest BCUT2D eigenvalue weighted by Gasteiger charge is -2.13. The summed E-state index contributed by atoms with van der Waals surface area (Å²) in [7, 11) is 0. The van der Waals surface area contributed by atoms with Gasteiger partial charge in [-0.15, -0.1) is 0 Å². The molecule has 2 N–H and O–H groups in total. The summed E-state index contributed by atoms with van der Waals surface area (Å²) in [5, 5.41) is 5.57. The van der Waals surface area contributed by atoms with E-state index in [0.29, 0.717) is 29.7 Å². The maximum atomic E-state index is 12.7. The first-order valence-corrected chi connectivity index (χ1v) is 10.2. The summed E-state index contributed by atoms with van der Waals surface area (Å²) >= 11 is 0. The van der Waals surface area contributed by atoms with Gasteiger partial charge in [0.1, 0.15) is 18.2 Å². The second-order valence-corrected chi connectivity index (χ2v) is 7.73. The number of carbonyl (C=O) groups is 2. The molecule has 1 aromatic heterocycles. The van der Waals surface area contributed by atoms with E-state index in [1.165, 1.54) is 12.5 Å². The Kier molecular flexibility index (Phi) is 7.03. The zero-order chi connectivity index (χ0) is 22.4. The highest BCUT2D eigenvalue weighted by Gasteiger charge is 2.10. The van der Waals surface area contributed by atoms with Crippen LogP contribution in [-0.4, -0.2) is 16.8 Å².